The molecule has 2 aromatic carbocycles. The van der Waals surface area contributed by atoms with Gasteiger partial charge in [-0.3, -0.25) is 0 Å². The van der Waals surface area contributed by atoms with Crippen molar-refractivity contribution in [3.63, 3.8) is 0 Å². The summed E-state index contributed by atoms with van der Waals surface area (Å²) in [6, 6.07) is 13.5. The van der Waals surface area contributed by atoms with Gasteiger partial charge in [-0.1, -0.05) is 18.3 Å². The molecule has 0 amide bonds. The van der Waals surface area contributed by atoms with Crippen LogP contribution in [0.25, 0.3) is 0 Å². The normalized spacial score (nSPS) is 10.1. The summed E-state index contributed by atoms with van der Waals surface area (Å²) in [6.07, 6.45) is 0. The van der Waals surface area contributed by atoms with E-state index >= 15 is 0 Å². The largest absolute Gasteiger partial charge is 0.494 e. The number of benzene rings is 2. The van der Waals surface area contributed by atoms with Crippen molar-refractivity contribution in [2.45, 2.75) is 6.92 Å². The molecule has 2 rings (SSSR count). The smallest absolute Gasteiger partial charge is 0.119 e. The Labute approximate surface area is 132 Å². The Morgan fingerprint density at radius 1 is 1.25 bits per heavy atom. The first-order valence-electron chi connectivity index (χ1n) is 6.20. The summed E-state index contributed by atoms with van der Waals surface area (Å²) in [7, 11) is 0. The minimum absolute atomic E-state index is 0.353. The first-order chi connectivity index (χ1) is 9.61. The van der Waals surface area contributed by atoms with Crippen molar-refractivity contribution in [2.75, 3.05) is 11.9 Å². The van der Waals surface area contributed by atoms with Crippen molar-refractivity contribution in [3.8, 4) is 5.75 Å². The minimum atomic E-state index is 0.353. The van der Waals surface area contributed by atoms with E-state index < -0.39 is 0 Å². The molecule has 0 fully saturated rings. The van der Waals surface area contributed by atoms with Crippen molar-refractivity contribution in [2.24, 2.45) is 5.73 Å². The molecular formula is C15H15BrN2OS. The van der Waals surface area contributed by atoms with E-state index in [2.05, 4.69) is 21.2 Å². The van der Waals surface area contributed by atoms with E-state index in [4.69, 9.17) is 22.7 Å². The van der Waals surface area contributed by atoms with E-state index in [0.717, 1.165) is 27.2 Å². The van der Waals surface area contributed by atoms with E-state index in [1.54, 1.807) is 0 Å². The highest BCUT2D eigenvalue weighted by atomic mass is 79.9. The van der Waals surface area contributed by atoms with E-state index in [9.17, 15) is 0 Å². The molecule has 0 aliphatic carbocycles. The third-order valence-corrected chi connectivity index (χ3v) is 3.57. The Hall–Kier alpha value is -1.59. The Morgan fingerprint density at radius 3 is 2.55 bits per heavy atom. The van der Waals surface area contributed by atoms with Gasteiger partial charge in [0.1, 0.15) is 10.7 Å². The lowest BCUT2D eigenvalue weighted by Gasteiger charge is -2.13. The van der Waals surface area contributed by atoms with Crippen LogP contribution in [0.1, 0.15) is 12.5 Å². The molecule has 0 heterocycles. The fourth-order valence-electron chi connectivity index (χ4n) is 1.84. The van der Waals surface area contributed by atoms with Gasteiger partial charge >= 0.3 is 0 Å². The van der Waals surface area contributed by atoms with E-state index in [0.29, 0.717) is 11.6 Å². The molecule has 0 bridgehead atoms. The Bertz CT molecular complexity index is 614. The zero-order valence-electron chi connectivity index (χ0n) is 11.0. The molecule has 2 aromatic rings. The molecule has 0 aliphatic heterocycles. The molecule has 0 aliphatic rings. The summed E-state index contributed by atoms with van der Waals surface area (Å²) in [5.41, 5.74) is 8.40. The number of thiocarbonyl (C=S) groups is 1. The van der Waals surface area contributed by atoms with Crippen LogP contribution < -0.4 is 15.8 Å². The van der Waals surface area contributed by atoms with Crippen molar-refractivity contribution in [3.05, 3.63) is 52.5 Å². The lowest BCUT2D eigenvalue weighted by molar-refractivity contribution is 0.340. The summed E-state index contributed by atoms with van der Waals surface area (Å²) in [5, 5.41) is 3.31. The second-order valence-corrected chi connectivity index (χ2v) is 5.40. The van der Waals surface area contributed by atoms with E-state index in [1.165, 1.54) is 0 Å². The third kappa shape index (κ3) is 3.49. The summed E-state index contributed by atoms with van der Waals surface area (Å²) < 4.78 is 6.29. The van der Waals surface area contributed by atoms with Crippen LogP contribution in [0.5, 0.6) is 5.75 Å². The van der Waals surface area contributed by atoms with Gasteiger partial charge in [-0.15, -0.1) is 0 Å². The molecule has 0 unspecified atom stereocenters. The number of nitrogens with two attached hydrogens (primary N) is 1. The standard InChI is InChI=1S/C15H15BrN2OS/c1-2-19-11-8-6-10(7-9-11)18-13-5-3-4-12(16)14(13)15(17)20/h3-9,18H,2H2,1H3,(H2,17,20). The van der Waals surface area contributed by atoms with Crippen molar-refractivity contribution < 1.29 is 4.74 Å². The molecule has 3 N–H and O–H groups in total. The van der Waals surface area contributed by atoms with Crippen LogP contribution in [-0.2, 0) is 0 Å². The van der Waals surface area contributed by atoms with Crippen LogP contribution in [0.3, 0.4) is 0 Å². The quantitative estimate of drug-likeness (QED) is 0.792. The predicted octanol–water partition coefficient (Wildman–Crippen LogP) is 4.23. The molecule has 20 heavy (non-hydrogen) atoms. The third-order valence-electron chi connectivity index (χ3n) is 2.70. The Morgan fingerprint density at radius 2 is 1.95 bits per heavy atom. The molecule has 0 spiro atoms. The summed E-state index contributed by atoms with van der Waals surface area (Å²) >= 11 is 8.56. The van der Waals surface area contributed by atoms with Gasteiger partial charge in [0.25, 0.3) is 0 Å². The number of hydrogen-bond donors (Lipinski definition) is 2. The Balaban J connectivity index is 2.26. The molecule has 0 aromatic heterocycles. The maximum absolute atomic E-state index is 5.77. The molecule has 104 valence electrons. The minimum Gasteiger partial charge on any atom is -0.494 e. The average molecular weight is 351 g/mol. The van der Waals surface area contributed by atoms with Crippen molar-refractivity contribution in [1.29, 1.82) is 0 Å². The van der Waals surface area contributed by atoms with Crippen LogP contribution in [0.4, 0.5) is 11.4 Å². The first-order valence-corrected chi connectivity index (χ1v) is 7.40. The molecular weight excluding hydrogens is 336 g/mol. The van der Waals surface area contributed by atoms with E-state index in [-0.39, 0.29) is 0 Å². The number of nitrogens with one attached hydrogen (secondary N) is 1. The lowest BCUT2D eigenvalue weighted by atomic mass is 10.1. The van der Waals surface area contributed by atoms with Gasteiger partial charge < -0.3 is 15.8 Å². The molecule has 3 nitrogen and oxygen atoms in total. The van der Waals surface area contributed by atoms with E-state index in [1.807, 2.05) is 49.4 Å². The van der Waals surface area contributed by atoms with Gasteiger partial charge in [0.05, 0.1) is 6.61 Å². The van der Waals surface area contributed by atoms with Crippen LogP contribution in [0, 0.1) is 0 Å². The van der Waals surface area contributed by atoms with Crippen LogP contribution in [0.15, 0.2) is 46.9 Å². The summed E-state index contributed by atoms with van der Waals surface area (Å²) in [4.78, 5) is 0.353. The second-order valence-electron chi connectivity index (χ2n) is 4.11. The maximum atomic E-state index is 5.77. The summed E-state index contributed by atoms with van der Waals surface area (Å²) in [5.74, 6) is 0.849. The van der Waals surface area contributed by atoms with Gasteiger partial charge in [0, 0.05) is 21.4 Å². The predicted molar refractivity (Wildman–Crippen MR) is 90.9 cm³/mol. The Kier molecular flexibility index (Phi) is 4.98. The number of hydrogen-bond acceptors (Lipinski definition) is 3. The van der Waals surface area contributed by atoms with Crippen LogP contribution >= 0.6 is 28.1 Å². The number of anilines is 2. The number of halogens is 1. The zero-order valence-corrected chi connectivity index (χ0v) is 13.4. The maximum Gasteiger partial charge on any atom is 0.119 e. The van der Waals surface area contributed by atoms with Gasteiger partial charge in [0.15, 0.2) is 0 Å². The molecule has 0 radical (unpaired) electrons. The highest BCUT2D eigenvalue weighted by Crippen LogP contribution is 2.28. The summed E-state index contributed by atoms with van der Waals surface area (Å²) in [6.45, 7) is 2.62. The van der Waals surface area contributed by atoms with Crippen molar-refractivity contribution >= 4 is 44.5 Å². The molecule has 0 saturated heterocycles. The van der Waals surface area contributed by atoms with Crippen LogP contribution in [0.2, 0.25) is 0 Å². The fourth-order valence-corrected chi connectivity index (χ4v) is 2.77. The van der Waals surface area contributed by atoms with Gasteiger partial charge in [-0.25, -0.2) is 0 Å². The first kappa shape index (κ1) is 14.8. The van der Waals surface area contributed by atoms with Crippen LogP contribution in [-0.4, -0.2) is 11.6 Å². The van der Waals surface area contributed by atoms with Crippen molar-refractivity contribution in [1.82, 2.24) is 0 Å². The monoisotopic (exact) mass is 350 g/mol. The van der Waals surface area contributed by atoms with Gasteiger partial charge in [0.2, 0.25) is 0 Å². The van der Waals surface area contributed by atoms with Gasteiger partial charge in [-0.05, 0) is 59.3 Å². The molecule has 0 saturated carbocycles. The lowest BCUT2D eigenvalue weighted by Crippen LogP contribution is -2.12. The SMILES string of the molecule is CCOc1ccc(Nc2cccc(Br)c2C(N)=S)cc1. The number of rotatable bonds is 5. The fraction of sp³-hybridized carbons (Fsp3) is 0.133. The highest BCUT2D eigenvalue weighted by molar-refractivity contribution is 9.10. The average Bonchev–Trinajstić information content (AvgIpc) is 2.41. The molecule has 5 heteroatoms. The number of ether oxygens (including phenoxy) is 1. The highest BCUT2D eigenvalue weighted by Gasteiger charge is 2.09. The topological polar surface area (TPSA) is 47.3 Å². The molecule has 0 atom stereocenters. The second kappa shape index (κ2) is 6.72. The zero-order chi connectivity index (χ0) is 14.5. The van der Waals surface area contributed by atoms with Gasteiger partial charge in [-0.2, -0.15) is 0 Å².